The number of rotatable bonds is 50. The zero-order valence-electron chi connectivity index (χ0n) is 47.8. The summed E-state index contributed by atoms with van der Waals surface area (Å²) in [6.07, 6.45) is 43.9. The van der Waals surface area contributed by atoms with E-state index in [1.165, 1.54) is 160 Å². The first kappa shape index (κ1) is 66.1. The molecule has 74 heavy (non-hydrogen) atoms. The van der Waals surface area contributed by atoms with E-state index in [-0.39, 0.29) is 43.1 Å². The van der Waals surface area contributed by atoms with Crippen molar-refractivity contribution in [1.82, 2.24) is 0 Å². The molecule has 0 atom stereocenters. The molecule has 0 fully saturated rings. The van der Waals surface area contributed by atoms with Gasteiger partial charge in [-0.05, 0) is 31.7 Å². The van der Waals surface area contributed by atoms with Crippen LogP contribution in [0.15, 0.2) is 36.4 Å². The smallest absolute Gasteiger partial charge is 0.339 e. The van der Waals surface area contributed by atoms with Gasteiger partial charge < -0.3 is 18.9 Å². The van der Waals surface area contributed by atoms with Crippen LogP contribution in [0.3, 0.4) is 0 Å². The molecule has 0 unspecified atom stereocenters. The first-order valence-corrected chi connectivity index (χ1v) is 30.8. The van der Waals surface area contributed by atoms with E-state index in [1.807, 2.05) is 0 Å². The van der Waals surface area contributed by atoms with E-state index in [2.05, 4.69) is 27.7 Å². The summed E-state index contributed by atoms with van der Waals surface area (Å²) in [6, 6.07) is 9.66. The second-order valence-electron chi connectivity index (χ2n) is 21.1. The molecule has 0 N–H and O–H groups in total. The van der Waals surface area contributed by atoms with Crippen molar-refractivity contribution in [3.8, 4) is 0 Å². The summed E-state index contributed by atoms with van der Waals surface area (Å²) in [5, 5.41) is 0. The number of benzene rings is 2. The standard InChI is InChI=1S/C65H106O9/c1-5-9-13-17-21-25-29-33-37-44-50-71-62(67)57-54-56(61(66)55-48-42-41-43-49-55)58(63(68)72-51-45-38-34-30-26-22-18-14-10-6-2)60(65(70)74-53-47-40-36-32-28-24-20-16-12-8-4)59(57)64(69)73-52-46-39-35-31-27-23-19-15-11-7-3/h41-43,48-49,54H,5-40,44-47,50-53H2,1-4H3. The number of hydrogen-bond acceptors (Lipinski definition) is 9. The summed E-state index contributed by atoms with van der Waals surface area (Å²) in [4.78, 5) is 72.9. The van der Waals surface area contributed by atoms with Gasteiger partial charge in [0.25, 0.3) is 0 Å². The van der Waals surface area contributed by atoms with Crippen LogP contribution in [0.2, 0.25) is 0 Å². The Balaban J connectivity index is 2.49. The first-order chi connectivity index (χ1) is 36.3. The first-order valence-electron chi connectivity index (χ1n) is 30.8. The second kappa shape index (κ2) is 46.3. The molecular formula is C65H106O9. The van der Waals surface area contributed by atoms with Crippen LogP contribution in [0.25, 0.3) is 0 Å². The van der Waals surface area contributed by atoms with Gasteiger partial charge in [0.05, 0.1) is 48.7 Å². The lowest BCUT2D eigenvalue weighted by Crippen LogP contribution is -2.27. The van der Waals surface area contributed by atoms with Crippen molar-refractivity contribution >= 4 is 29.7 Å². The Hall–Kier alpha value is -4.01. The zero-order chi connectivity index (χ0) is 53.5. The molecule has 0 radical (unpaired) electrons. The lowest BCUT2D eigenvalue weighted by molar-refractivity contribution is 0.0414. The molecule has 0 amide bonds. The molecule has 0 aliphatic rings. The predicted octanol–water partition coefficient (Wildman–Crippen LogP) is 19.2. The fourth-order valence-electron chi connectivity index (χ4n) is 9.71. The van der Waals surface area contributed by atoms with Crippen LogP contribution in [-0.2, 0) is 18.9 Å². The highest BCUT2D eigenvalue weighted by atomic mass is 16.5. The molecule has 0 spiro atoms. The molecule has 0 heterocycles. The van der Waals surface area contributed by atoms with E-state index in [0.717, 1.165) is 77.0 Å². The third-order valence-electron chi connectivity index (χ3n) is 14.4. The molecule has 0 saturated carbocycles. The van der Waals surface area contributed by atoms with Crippen LogP contribution < -0.4 is 0 Å². The monoisotopic (exact) mass is 1030 g/mol. The number of ether oxygens (including phenoxy) is 4. The molecule has 0 aromatic heterocycles. The van der Waals surface area contributed by atoms with Crippen LogP contribution >= 0.6 is 0 Å². The number of esters is 4. The van der Waals surface area contributed by atoms with Gasteiger partial charge in [0.1, 0.15) is 0 Å². The maximum absolute atomic E-state index is 14.7. The number of carbonyl (C=O) groups excluding carboxylic acids is 5. The predicted molar refractivity (Wildman–Crippen MR) is 305 cm³/mol. The molecule has 0 aliphatic heterocycles. The lowest BCUT2D eigenvalue weighted by atomic mass is 9.87. The molecule has 0 bridgehead atoms. The number of carbonyl (C=O) groups is 5. The number of unbranched alkanes of at least 4 members (excludes halogenated alkanes) is 36. The van der Waals surface area contributed by atoms with Gasteiger partial charge in [-0.1, -0.05) is 289 Å². The minimum absolute atomic E-state index is 0.0326. The van der Waals surface area contributed by atoms with E-state index in [4.69, 9.17) is 18.9 Å². The van der Waals surface area contributed by atoms with Crippen molar-refractivity contribution in [2.75, 3.05) is 26.4 Å². The minimum atomic E-state index is -0.982. The van der Waals surface area contributed by atoms with Crippen molar-refractivity contribution in [2.24, 2.45) is 0 Å². The van der Waals surface area contributed by atoms with E-state index < -0.39 is 46.4 Å². The molecular weight excluding hydrogens is 925 g/mol. The average Bonchev–Trinajstić information content (AvgIpc) is 3.41. The average molecular weight is 1030 g/mol. The van der Waals surface area contributed by atoms with Gasteiger partial charge >= 0.3 is 23.9 Å². The van der Waals surface area contributed by atoms with Crippen molar-refractivity contribution in [3.05, 3.63) is 69.8 Å². The second-order valence-corrected chi connectivity index (χ2v) is 21.1. The third kappa shape index (κ3) is 30.5. The van der Waals surface area contributed by atoms with E-state index in [9.17, 15) is 24.0 Å². The molecule has 9 heteroatoms. The van der Waals surface area contributed by atoms with Crippen molar-refractivity contribution in [1.29, 1.82) is 0 Å². The van der Waals surface area contributed by atoms with Gasteiger partial charge in [-0.25, -0.2) is 19.2 Å². The Morgan fingerprint density at radius 3 is 0.824 bits per heavy atom. The fraction of sp³-hybridized carbons (Fsp3) is 0.738. The minimum Gasteiger partial charge on any atom is -0.462 e. The molecule has 0 saturated heterocycles. The summed E-state index contributed by atoms with van der Waals surface area (Å²) >= 11 is 0. The van der Waals surface area contributed by atoms with Crippen LogP contribution in [0.4, 0.5) is 0 Å². The topological polar surface area (TPSA) is 122 Å². The Morgan fingerprint density at radius 2 is 0.527 bits per heavy atom. The van der Waals surface area contributed by atoms with Crippen LogP contribution in [0.5, 0.6) is 0 Å². The van der Waals surface area contributed by atoms with Crippen LogP contribution in [0.1, 0.15) is 342 Å². The van der Waals surface area contributed by atoms with Gasteiger partial charge in [-0.15, -0.1) is 0 Å². The summed E-state index contributed by atoms with van der Waals surface area (Å²) < 4.78 is 23.6. The van der Waals surface area contributed by atoms with E-state index in [1.54, 1.807) is 30.3 Å². The molecule has 0 aliphatic carbocycles. The van der Waals surface area contributed by atoms with Gasteiger partial charge in [-0.2, -0.15) is 0 Å². The molecule has 2 rings (SSSR count). The number of ketones is 1. The maximum atomic E-state index is 14.7. The maximum Gasteiger partial charge on any atom is 0.339 e. The Kier molecular flexibility index (Phi) is 41.4. The normalized spacial score (nSPS) is 11.2. The zero-order valence-corrected chi connectivity index (χ0v) is 47.8. The highest BCUT2D eigenvalue weighted by Crippen LogP contribution is 2.30. The quantitative estimate of drug-likeness (QED) is 0.0276. The van der Waals surface area contributed by atoms with Crippen LogP contribution in [-0.4, -0.2) is 56.1 Å². The highest BCUT2D eigenvalue weighted by Gasteiger charge is 2.37. The Morgan fingerprint density at radius 1 is 0.284 bits per heavy atom. The van der Waals surface area contributed by atoms with E-state index >= 15 is 0 Å². The summed E-state index contributed by atoms with van der Waals surface area (Å²) in [7, 11) is 0. The van der Waals surface area contributed by atoms with Gasteiger partial charge in [0.15, 0.2) is 5.78 Å². The van der Waals surface area contributed by atoms with E-state index in [0.29, 0.717) is 25.7 Å². The van der Waals surface area contributed by atoms with Gasteiger partial charge in [0, 0.05) is 11.1 Å². The fourth-order valence-corrected chi connectivity index (χ4v) is 9.71. The molecule has 420 valence electrons. The highest BCUT2D eigenvalue weighted by molar-refractivity contribution is 6.22. The largest absolute Gasteiger partial charge is 0.462 e. The molecule has 2 aromatic carbocycles. The van der Waals surface area contributed by atoms with Crippen molar-refractivity contribution < 1.29 is 42.9 Å². The Labute approximate surface area is 451 Å². The third-order valence-corrected chi connectivity index (χ3v) is 14.4. The van der Waals surface area contributed by atoms with Crippen molar-refractivity contribution in [3.63, 3.8) is 0 Å². The van der Waals surface area contributed by atoms with Crippen LogP contribution in [0, 0.1) is 0 Å². The molecule has 9 nitrogen and oxygen atoms in total. The molecule has 2 aromatic rings. The number of hydrogen-bond donors (Lipinski definition) is 0. The van der Waals surface area contributed by atoms with Gasteiger partial charge in [0.2, 0.25) is 0 Å². The summed E-state index contributed by atoms with van der Waals surface area (Å²) in [6.45, 7) is 9.13. The summed E-state index contributed by atoms with van der Waals surface area (Å²) in [5.74, 6) is -4.33. The van der Waals surface area contributed by atoms with Gasteiger partial charge in [-0.3, -0.25) is 4.79 Å². The Bertz CT molecular complexity index is 1750. The van der Waals surface area contributed by atoms with Crippen molar-refractivity contribution in [2.45, 2.75) is 285 Å². The summed E-state index contributed by atoms with van der Waals surface area (Å²) in [5.41, 5.74) is -1.59. The SMILES string of the molecule is CCCCCCCCCCCCOC(=O)c1cc(C(=O)c2ccccc2)c(C(=O)OCCCCCCCCCCCC)c(C(=O)OCCCCCCCCCCCC)c1C(=O)OCCCCCCCCCCCC. The lowest BCUT2D eigenvalue weighted by Gasteiger charge is -2.20.